The van der Waals surface area contributed by atoms with Crippen LogP contribution in [0.25, 0.3) is 17.2 Å². The van der Waals surface area contributed by atoms with Crippen LogP contribution in [-0.2, 0) is 27.0 Å². The van der Waals surface area contributed by atoms with Crippen molar-refractivity contribution in [2.24, 2.45) is 5.73 Å². The lowest BCUT2D eigenvalue weighted by atomic mass is 9.98. The molecule has 1 aliphatic heterocycles. The molecule has 1 aromatic heterocycles. The van der Waals surface area contributed by atoms with Gasteiger partial charge in [0.25, 0.3) is 5.91 Å². The fraction of sp³-hybridized carbons (Fsp3) is 0.267. The normalized spacial score (nSPS) is 14.9. The van der Waals surface area contributed by atoms with E-state index in [0.717, 1.165) is 23.9 Å². The Bertz CT molecular complexity index is 1590. The quantitative estimate of drug-likeness (QED) is 0.153. The van der Waals surface area contributed by atoms with E-state index in [4.69, 9.17) is 22.7 Å². The number of alkyl halides is 3. The zero-order valence-electron chi connectivity index (χ0n) is 23.4. The zero-order chi connectivity index (χ0) is 31.5. The minimum atomic E-state index is -4.49. The van der Waals surface area contributed by atoms with E-state index in [1.807, 2.05) is 0 Å². The summed E-state index contributed by atoms with van der Waals surface area (Å²) in [6.07, 6.45) is -2.87. The predicted molar refractivity (Wildman–Crippen MR) is 167 cm³/mol. The maximum Gasteiger partial charge on any atom is 0.416 e. The summed E-state index contributed by atoms with van der Waals surface area (Å²) in [7, 11) is 0. The van der Waals surface area contributed by atoms with Crippen molar-refractivity contribution in [2.45, 2.75) is 45.5 Å². The van der Waals surface area contributed by atoms with E-state index in [2.05, 4.69) is 5.32 Å². The molecule has 3 aromatic rings. The Hall–Kier alpha value is -3.52. The van der Waals surface area contributed by atoms with Crippen LogP contribution in [0, 0.1) is 0 Å². The van der Waals surface area contributed by atoms with Gasteiger partial charge in [0.15, 0.2) is 0 Å². The molecule has 2 aromatic carbocycles. The smallest absolute Gasteiger partial charge is 0.416 e. The van der Waals surface area contributed by atoms with Crippen molar-refractivity contribution in [3.8, 4) is 11.1 Å². The van der Waals surface area contributed by atoms with Gasteiger partial charge in [-0.2, -0.15) is 13.2 Å². The number of thiocarbonyl (C=S) groups is 1. The van der Waals surface area contributed by atoms with Gasteiger partial charge in [0.2, 0.25) is 5.91 Å². The van der Waals surface area contributed by atoms with E-state index in [1.165, 1.54) is 22.3 Å². The molecule has 3 N–H and O–H groups in total. The van der Waals surface area contributed by atoms with Gasteiger partial charge >= 0.3 is 12.1 Å². The summed E-state index contributed by atoms with van der Waals surface area (Å²) >= 11 is 7.73. The number of nitrogens with two attached hydrogens (primary N) is 1. The van der Waals surface area contributed by atoms with Gasteiger partial charge in [-0.15, -0.1) is 11.3 Å². The lowest BCUT2D eigenvalue weighted by Gasteiger charge is -2.19. The third-order valence-electron chi connectivity index (χ3n) is 6.10. The van der Waals surface area contributed by atoms with Gasteiger partial charge in [0.05, 0.1) is 16.0 Å². The highest BCUT2D eigenvalue weighted by atomic mass is 32.2. The molecule has 0 bridgehead atoms. The Morgan fingerprint density at radius 2 is 1.79 bits per heavy atom. The summed E-state index contributed by atoms with van der Waals surface area (Å²) in [5.41, 5.74) is 6.71. The number of anilines is 1. The largest absolute Gasteiger partial charge is 0.456 e. The molecule has 0 unspecified atom stereocenters. The van der Waals surface area contributed by atoms with Gasteiger partial charge in [-0.05, 0) is 91.4 Å². The Labute approximate surface area is 260 Å². The number of ether oxygens (including phenoxy) is 1. The van der Waals surface area contributed by atoms with Crippen LogP contribution in [0.15, 0.2) is 58.8 Å². The molecule has 0 saturated carbocycles. The number of thiophene rings is 1. The van der Waals surface area contributed by atoms with Gasteiger partial charge in [0, 0.05) is 30.1 Å². The van der Waals surface area contributed by atoms with Crippen molar-refractivity contribution in [2.75, 3.05) is 11.9 Å². The average Bonchev–Trinajstić information content (AvgIpc) is 3.49. The number of halogens is 3. The summed E-state index contributed by atoms with van der Waals surface area (Å²) in [5.74, 6) is -1.17. The molecule has 43 heavy (non-hydrogen) atoms. The zero-order valence-corrected chi connectivity index (χ0v) is 25.9. The second-order valence-corrected chi connectivity index (χ2v) is 13.1. The van der Waals surface area contributed by atoms with Crippen LogP contribution in [0.4, 0.5) is 18.9 Å². The molecule has 0 aliphatic carbocycles. The van der Waals surface area contributed by atoms with Crippen LogP contribution < -0.4 is 11.1 Å². The van der Waals surface area contributed by atoms with Gasteiger partial charge in [-0.25, -0.2) is 4.79 Å². The second-order valence-electron chi connectivity index (χ2n) is 10.5. The summed E-state index contributed by atoms with van der Waals surface area (Å²) in [6.45, 7) is 5.45. The Morgan fingerprint density at radius 1 is 1.09 bits per heavy atom. The van der Waals surface area contributed by atoms with E-state index < -0.39 is 23.3 Å². The van der Waals surface area contributed by atoms with E-state index in [-0.39, 0.29) is 31.3 Å². The molecule has 13 heteroatoms. The van der Waals surface area contributed by atoms with Crippen molar-refractivity contribution in [3.63, 3.8) is 0 Å². The first kappa shape index (κ1) is 32.4. The Balaban J connectivity index is 1.38. The highest BCUT2D eigenvalue weighted by molar-refractivity contribution is 8.26. The molecule has 2 heterocycles. The molecular weight excluding hydrogens is 620 g/mol. The highest BCUT2D eigenvalue weighted by Gasteiger charge is 2.33. The van der Waals surface area contributed by atoms with Crippen LogP contribution >= 0.6 is 35.3 Å². The molecule has 1 saturated heterocycles. The fourth-order valence-electron chi connectivity index (χ4n) is 4.05. The lowest BCUT2D eigenvalue weighted by molar-refractivity contribution is -0.137. The SMILES string of the molecule is CC(C)(C)OC(=O)c1ccc(NC(=O)CCN2C(=O)/C(=C/c3cc(-c4cc(C(F)(F)F)ccc4CN)cs3)SC2=S)cc1. The first-order valence-corrected chi connectivity index (χ1v) is 15.1. The summed E-state index contributed by atoms with van der Waals surface area (Å²) in [6, 6.07) is 11.4. The molecular formula is C30H28F3N3O4S3. The summed E-state index contributed by atoms with van der Waals surface area (Å²) < 4.78 is 45.5. The van der Waals surface area contributed by atoms with Gasteiger partial charge in [-0.1, -0.05) is 30.0 Å². The number of nitrogens with one attached hydrogen (secondary N) is 1. The number of hydrogen-bond donors (Lipinski definition) is 2. The number of carbonyl (C=O) groups is 3. The van der Waals surface area contributed by atoms with Gasteiger partial charge in [-0.3, -0.25) is 14.5 Å². The number of amides is 2. The maximum atomic E-state index is 13.3. The number of rotatable bonds is 8. The molecule has 0 spiro atoms. The standard InChI is InChI=1S/C30H28F3N3O4S3/c1-29(2,3)40-27(39)17-5-8-21(9-6-17)35-25(37)10-11-36-26(38)24(43-28(36)41)14-22-12-19(16-42-22)23-13-20(30(31,32)33)7-4-18(23)15-34/h4-9,12-14,16H,10-11,15,34H2,1-3H3,(H,35,37)/b24-14-. The molecule has 2 amide bonds. The number of carbonyl (C=O) groups excluding carboxylic acids is 3. The lowest BCUT2D eigenvalue weighted by Crippen LogP contribution is -2.31. The number of hydrogen-bond acceptors (Lipinski definition) is 8. The Morgan fingerprint density at radius 3 is 2.42 bits per heavy atom. The monoisotopic (exact) mass is 647 g/mol. The van der Waals surface area contributed by atoms with Crippen molar-refractivity contribution in [3.05, 3.63) is 80.4 Å². The summed E-state index contributed by atoms with van der Waals surface area (Å²) in [5, 5.41) is 4.44. The van der Waals surface area contributed by atoms with E-state index >= 15 is 0 Å². The molecule has 7 nitrogen and oxygen atoms in total. The molecule has 0 radical (unpaired) electrons. The van der Waals surface area contributed by atoms with Crippen LogP contribution in [0.1, 0.15) is 53.6 Å². The van der Waals surface area contributed by atoms with E-state index in [9.17, 15) is 27.6 Å². The molecule has 1 fully saturated rings. The van der Waals surface area contributed by atoms with E-state index in [0.29, 0.717) is 42.0 Å². The van der Waals surface area contributed by atoms with Crippen LogP contribution in [0.5, 0.6) is 0 Å². The topological polar surface area (TPSA) is 102 Å². The van der Waals surface area contributed by atoms with Crippen molar-refractivity contribution >= 4 is 69.2 Å². The summed E-state index contributed by atoms with van der Waals surface area (Å²) in [4.78, 5) is 40.1. The predicted octanol–water partition coefficient (Wildman–Crippen LogP) is 7.08. The van der Waals surface area contributed by atoms with Gasteiger partial charge < -0.3 is 15.8 Å². The Kier molecular flexibility index (Phi) is 9.79. The van der Waals surface area contributed by atoms with Crippen LogP contribution in [0.3, 0.4) is 0 Å². The average molecular weight is 648 g/mol. The minimum Gasteiger partial charge on any atom is -0.456 e. The number of thioether (sulfide) groups is 1. The van der Waals surface area contributed by atoms with Crippen molar-refractivity contribution in [1.82, 2.24) is 4.90 Å². The first-order valence-electron chi connectivity index (χ1n) is 13.0. The third-order valence-corrected chi connectivity index (χ3v) is 8.36. The fourth-order valence-corrected chi connectivity index (χ4v) is 6.27. The number of esters is 1. The van der Waals surface area contributed by atoms with Gasteiger partial charge in [0.1, 0.15) is 9.92 Å². The second kappa shape index (κ2) is 13.0. The first-order chi connectivity index (χ1) is 20.1. The van der Waals surface area contributed by atoms with Crippen molar-refractivity contribution in [1.29, 1.82) is 0 Å². The number of nitrogens with zero attached hydrogens (tertiary/aromatic N) is 1. The molecule has 4 rings (SSSR count). The molecule has 226 valence electrons. The van der Waals surface area contributed by atoms with Crippen LogP contribution in [0.2, 0.25) is 0 Å². The highest BCUT2D eigenvalue weighted by Crippen LogP contribution is 2.38. The van der Waals surface area contributed by atoms with Crippen molar-refractivity contribution < 1.29 is 32.3 Å². The van der Waals surface area contributed by atoms with Crippen LogP contribution in [-0.4, -0.2) is 39.1 Å². The maximum absolute atomic E-state index is 13.3. The van der Waals surface area contributed by atoms with E-state index in [1.54, 1.807) is 62.6 Å². The molecule has 1 aliphatic rings. The number of benzene rings is 2. The molecule has 0 atom stereocenters. The third kappa shape index (κ3) is 8.31. The minimum absolute atomic E-state index is 0.0197.